The maximum absolute atomic E-state index is 12.4. The van der Waals surface area contributed by atoms with E-state index < -0.39 is 21.8 Å². The van der Waals surface area contributed by atoms with E-state index in [-0.39, 0.29) is 27.5 Å². The molecule has 1 N–H and O–H groups in total. The lowest BCUT2D eigenvalue weighted by molar-refractivity contribution is -0.383. The number of nitro groups is 1. The largest absolute Gasteiger partial charge is 0.507 e. The standard InChI is InChI=1S/C14H6N2O5/c15-6-7-1-2-8-11(5-7)21-14-9(16(19)20)3-4-10(17)12(14)13(8)18/h1-5,17H. The Morgan fingerprint density at radius 2 is 2.05 bits per heavy atom. The van der Waals surface area contributed by atoms with Crippen molar-refractivity contribution in [1.29, 1.82) is 5.26 Å². The molecule has 7 nitrogen and oxygen atoms in total. The smallest absolute Gasteiger partial charge is 0.312 e. The van der Waals surface area contributed by atoms with Crippen molar-refractivity contribution in [3.63, 3.8) is 0 Å². The Kier molecular flexibility index (Phi) is 2.59. The first-order valence-corrected chi connectivity index (χ1v) is 5.80. The van der Waals surface area contributed by atoms with Gasteiger partial charge in [0.15, 0.2) is 0 Å². The molecule has 2 aromatic carbocycles. The SMILES string of the molecule is N#Cc1ccc2c(=O)c3c(O)ccc([N+](=O)[O-])c3oc2c1. The van der Waals surface area contributed by atoms with Crippen LogP contribution in [0.3, 0.4) is 0 Å². The van der Waals surface area contributed by atoms with Gasteiger partial charge in [-0.05, 0) is 24.3 Å². The number of aromatic hydroxyl groups is 1. The second kappa shape index (κ2) is 4.31. The zero-order chi connectivity index (χ0) is 15.1. The zero-order valence-electron chi connectivity index (χ0n) is 10.4. The molecule has 0 radical (unpaired) electrons. The third-order valence-electron chi connectivity index (χ3n) is 3.11. The summed E-state index contributed by atoms with van der Waals surface area (Å²) in [6, 6.07) is 8.16. The lowest BCUT2D eigenvalue weighted by Crippen LogP contribution is -2.04. The van der Waals surface area contributed by atoms with Crippen molar-refractivity contribution in [1.82, 2.24) is 0 Å². The molecule has 1 heterocycles. The number of nitrogens with zero attached hydrogens (tertiary/aromatic N) is 2. The summed E-state index contributed by atoms with van der Waals surface area (Å²) in [6.45, 7) is 0. The highest BCUT2D eigenvalue weighted by molar-refractivity contribution is 5.97. The van der Waals surface area contributed by atoms with Crippen molar-refractivity contribution in [3.05, 3.63) is 56.2 Å². The minimum absolute atomic E-state index is 0.0558. The molecule has 0 bridgehead atoms. The van der Waals surface area contributed by atoms with Crippen LogP contribution in [0.4, 0.5) is 5.69 Å². The van der Waals surface area contributed by atoms with Gasteiger partial charge in [-0.25, -0.2) is 0 Å². The molecular formula is C14H6N2O5. The molecule has 0 amide bonds. The fourth-order valence-electron chi connectivity index (χ4n) is 2.14. The summed E-state index contributed by atoms with van der Waals surface area (Å²) in [5.41, 5.74) is -1.01. The number of nitriles is 1. The molecule has 0 aliphatic rings. The molecule has 0 unspecified atom stereocenters. The van der Waals surface area contributed by atoms with Crippen LogP contribution in [-0.4, -0.2) is 10.0 Å². The lowest BCUT2D eigenvalue weighted by atomic mass is 10.1. The molecule has 3 rings (SSSR count). The maximum atomic E-state index is 12.4. The Morgan fingerprint density at radius 3 is 2.71 bits per heavy atom. The van der Waals surface area contributed by atoms with Gasteiger partial charge < -0.3 is 9.52 Å². The summed E-state index contributed by atoms with van der Waals surface area (Å²) in [4.78, 5) is 22.7. The van der Waals surface area contributed by atoms with Gasteiger partial charge in [-0.1, -0.05) is 0 Å². The molecule has 3 aromatic rings. The van der Waals surface area contributed by atoms with Gasteiger partial charge >= 0.3 is 5.69 Å². The molecule has 1 aromatic heterocycles. The second-order valence-corrected chi connectivity index (χ2v) is 4.32. The number of phenols is 1. The number of hydrogen-bond donors (Lipinski definition) is 1. The third kappa shape index (κ3) is 1.78. The van der Waals surface area contributed by atoms with E-state index in [0.717, 1.165) is 12.1 Å². The monoisotopic (exact) mass is 282 g/mol. The Balaban J connectivity index is 2.59. The predicted molar refractivity (Wildman–Crippen MR) is 73.0 cm³/mol. The zero-order valence-corrected chi connectivity index (χ0v) is 10.4. The van der Waals surface area contributed by atoms with Gasteiger partial charge in [0.25, 0.3) is 0 Å². The van der Waals surface area contributed by atoms with Crippen LogP contribution in [0.5, 0.6) is 5.75 Å². The number of fused-ring (bicyclic) bond motifs is 2. The van der Waals surface area contributed by atoms with Crippen LogP contribution < -0.4 is 5.43 Å². The van der Waals surface area contributed by atoms with Crippen molar-refractivity contribution in [2.75, 3.05) is 0 Å². The minimum Gasteiger partial charge on any atom is -0.507 e. The Labute approximate surface area is 116 Å². The molecule has 0 aliphatic carbocycles. The van der Waals surface area contributed by atoms with Gasteiger partial charge in [-0.3, -0.25) is 14.9 Å². The van der Waals surface area contributed by atoms with Crippen LogP contribution in [0.1, 0.15) is 5.56 Å². The number of nitro benzene ring substituents is 1. The molecule has 21 heavy (non-hydrogen) atoms. The molecular weight excluding hydrogens is 276 g/mol. The van der Waals surface area contributed by atoms with Crippen molar-refractivity contribution >= 4 is 27.6 Å². The van der Waals surface area contributed by atoms with E-state index in [1.165, 1.54) is 18.2 Å². The third-order valence-corrected chi connectivity index (χ3v) is 3.11. The summed E-state index contributed by atoms with van der Waals surface area (Å²) in [5.74, 6) is -0.393. The first-order valence-electron chi connectivity index (χ1n) is 5.80. The van der Waals surface area contributed by atoms with E-state index in [1.807, 2.05) is 6.07 Å². The Morgan fingerprint density at radius 1 is 1.29 bits per heavy atom. The molecule has 0 saturated carbocycles. The van der Waals surface area contributed by atoms with Gasteiger partial charge in [0, 0.05) is 6.07 Å². The van der Waals surface area contributed by atoms with Gasteiger partial charge in [-0.15, -0.1) is 0 Å². The van der Waals surface area contributed by atoms with Crippen LogP contribution >= 0.6 is 0 Å². The molecule has 0 fully saturated rings. The van der Waals surface area contributed by atoms with Crippen LogP contribution in [0, 0.1) is 21.4 Å². The lowest BCUT2D eigenvalue weighted by Gasteiger charge is -2.04. The van der Waals surface area contributed by atoms with E-state index >= 15 is 0 Å². The van der Waals surface area contributed by atoms with Crippen molar-refractivity contribution in [3.8, 4) is 11.8 Å². The first-order chi connectivity index (χ1) is 10.0. The molecule has 0 spiro atoms. The van der Waals surface area contributed by atoms with Crippen molar-refractivity contribution in [2.24, 2.45) is 0 Å². The van der Waals surface area contributed by atoms with Crippen LogP contribution in [0.2, 0.25) is 0 Å². The van der Waals surface area contributed by atoms with E-state index in [9.17, 15) is 20.0 Å². The molecule has 7 heteroatoms. The summed E-state index contributed by atoms with van der Waals surface area (Å²) < 4.78 is 5.39. The molecule has 102 valence electrons. The van der Waals surface area contributed by atoms with Crippen molar-refractivity contribution < 1.29 is 14.4 Å². The Bertz CT molecular complexity index is 1010. The highest BCUT2D eigenvalue weighted by Crippen LogP contribution is 2.32. The number of rotatable bonds is 1. The number of non-ortho nitro benzene ring substituents is 1. The maximum Gasteiger partial charge on any atom is 0.312 e. The minimum atomic E-state index is -0.704. The van der Waals surface area contributed by atoms with Gasteiger partial charge in [-0.2, -0.15) is 5.26 Å². The number of phenolic OH excluding ortho intramolecular Hbond substituents is 1. The average molecular weight is 282 g/mol. The van der Waals surface area contributed by atoms with Crippen LogP contribution in [0.25, 0.3) is 21.9 Å². The average Bonchev–Trinajstić information content (AvgIpc) is 2.46. The molecule has 0 aliphatic heterocycles. The highest BCUT2D eigenvalue weighted by atomic mass is 16.6. The molecule has 0 saturated heterocycles. The fraction of sp³-hybridized carbons (Fsp3) is 0. The normalized spacial score (nSPS) is 10.6. The first kappa shape index (κ1) is 12.6. The van der Waals surface area contributed by atoms with Crippen molar-refractivity contribution in [2.45, 2.75) is 0 Å². The summed E-state index contributed by atoms with van der Waals surface area (Å²) in [5, 5.41) is 29.5. The molecule has 0 atom stereocenters. The predicted octanol–water partition coefficient (Wildman–Crippen LogP) is 2.43. The number of hydrogen-bond acceptors (Lipinski definition) is 6. The van der Waals surface area contributed by atoms with E-state index in [4.69, 9.17) is 9.68 Å². The van der Waals surface area contributed by atoms with E-state index in [0.29, 0.717) is 0 Å². The summed E-state index contributed by atoms with van der Waals surface area (Å²) in [7, 11) is 0. The summed E-state index contributed by atoms with van der Waals surface area (Å²) >= 11 is 0. The highest BCUT2D eigenvalue weighted by Gasteiger charge is 2.21. The topological polar surface area (TPSA) is 117 Å². The van der Waals surface area contributed by atoms with Crippen LogP contribution in [-0.2, 0) is 0 Å². The van der Waals surface area contributed by atoms with Gasteiger partial charge in [0.2, 0.25) is 11.0 Å². The van der Waals surface area contributed by atoms with E-state index in [2.05, 4.69) is 0 Å². The van der Waals surface area contributed by atoms with Crippen LogP contribution in [0.15, 0.2) is 39.5 Å². The van der Waals surface area contributed by atoms with E-state index in [1.54, 1.807) is 0 Å². The summed E-state index contributed by atoms with van der Waals surface area (Å²) in [6.07, 6.45) is 0. The van der Waals surface area contributed by atoms with Gasteiger partial charge in [0.1, 0.15) is 16.7 Å². The Hall–Kier alpha value is -3.40. The number of benzene rings is 2. The van der Waals surface area contributed by atoms with Gasteiger partial charge in [0.05, 0.1) is 21.9 Å². The fourth-order valence-corrected chi connectivity index (χ4v) is 2.14. The second-order valence-electron chi connectivity index (χ2n) is 4.32. The quantitative estimate of drug-likeness (QED) is 0.416.